The van der Waals surface area contributed by atoms with Crippen molar-refractivity contribution in [3.05, 3.63) is 18.3 Å². The number of nitrogens with one attached hydrogen (secondary N) is 2. The molecule has 0 unspecified atom stereocenters. The molecule has 0 aromatic carbocycles. The Hall–Kier alpha value is -1.83. The van der Waals surface area contributed by atoms with Crippen molar-refractivity contribution in [1.29, 1.82) is 0 Å². The summed E-state index contributed by atoms with van der Waals surface area (Å²) in [5, 5.41) is 5.37. The Labute approximate surface area is 108 Å². The van der Waals surface area contributed by atoms with Gasteiger partial charge in [-0.3, -0.25) is 4.79 Å². The summed E-state index contributed by atoms with van der Waals surface area (Å²) >= 11 is 0. The Bertz CT molecular complexity index is 407. The van der Waals surface area contributed by atoms with Crippen LogP contribution in [-0.2, 0) is 4.79 Å². The molecule has 1 rings (SSSR count). The number of halogens is 3. The normalized spacial score (nSPS) is 11.2. The van der Waals surface area contributed by atoms with Crippen molar-refractivity contribution in [3.63, 3.8) is 0 Å². The number of likely N-dealkylation sites (N-methyl/N-ethyl adjacent to an activating group) is 1. The highest BCUT2D eigenvalue weighted by atomic mass is 19.4. The molecule has 0 bridgehead atoms. The fraction of sp³-hybridized carbons (Fsp3) is 0.455. The monoisotopic (exact) mass is 277 g/mol. The summed E-state index contributed by atoms with van der Waals surface area (Å²) in [6, 6.07) is 2.68. The minimum absolute atomic E-state index is 0.151. The third-order valence-electron chi connectivity index (χ3n) is 1.94. The molecule has 0 aliphatic heterocycles. The van der Waals surface area contributed by atoms with E-state index in [2.05, 4.69) is 20.4 Å². The molecular weight excluding hydrogens is 263 g/mol. The van der Waals surface area contributed by atoms with E-state index in [-0.39, 0.29) is 18.3 Å². The highest BCUT2D eigenvalue weighted by molar-refractivity contribution is 5.92. The lowest BCUT2D eigenvalue weighted by Crippen LogP contribution is -2.27. The maximum absolute atomic E-state index is 11.9. The van der Waals surface area contributed by atoms with Crippen LogP contribution in [0.25, 0.3) is 0 Å². The number of carbonyl (C=O) groups excluding carboxylic acids is 1. The largest absolute Gasteiger partial charge is 0.468 e. The highest BCUT2D eigenvalue weighted by Gasteiger charge is 2.28. The van der Waals surface area contributed by atoms with E-state index in [1.165, 1.54) is 18.3 Å². The second-order valence-electron chi connectivity index (χ2n) is 3.62. The number of hydrogen-bond donors (Lipinski definition) is 2. The minimum Gasteiger partial charge on any atom is -0.468 e. The average molecular weight is 277 g/mol. The lowest BCUT2D eigenvalue weighted by molar-refractivity contribution is -0.154. The van der Waals surface area contributed by atoms with Crippen LogP contribution < -0.4 is 15.4 Å². The first kappa shape index (κ1) is 15.2. The zero-order valence-electron chi connectivity index (χ0n) is 10.3. The number of aromatic nitrogens is 1. The number of nitrogens with zero attached hydrogens (tertiary/aromatic N) is 1. The number of hydrogen-bond acceptors (Lipinski definition) is 4. The maximum atomic E-state index is 11.9. The van der Waals surface area contributed by atoms with Crippen LogP contribution in [0, 0.1) is 0 Å². The predicted molar refractivity (Wildman–Crippen MR) is 63.0 cm³/mol. The number of pyridine rings is 1. The summed E-state index contributed by atoms with van der Waals surface area (Å²) in [7, 11) is 0. The van der Waals surface area contributed by atoms with Gasteiger partial charge in [0.15, 0.2) is 6.61 Å². The molecule has 0 saturated heterocycles. The van der Waals surface area contributed by atoms with Gasteiger partial charge in [-0.25, -0.2) is 4.98 Å². The number of rotatable bonds is 6. The molecule has 0 spiro atoms. The van der Waals surface area contributed by atoms with E-state index in [0.717, 1.165) is 0 Å². The molecule has 19 heavy (non-hydrogen) atoms. The van der Waals surface area contributed by atoms with Crippen molar-refractivity contribution in [2.24, 2.45) is 0 Å². The molecule has 1 aromatic rings. The van der Waals surface area contributed by atoms with Crippen LogP contribution in [0.1, 0.15) is 6.92 Å². The van der Waals surface area contributed by atoms with Crippen LogP contribution >= 0.6 is 0 Å². The van der Waals surface area contributed by atoms with Gasteiger partial charge in [-0.1, -0.05) is 6.92 Å². The van der Waals surface area contributed by atoms with Gasteiger partial charge < -0.3 is 15.4 Å². The second kappa shape index (κ2) is 6.93. The van der Waals surface area contributed by atoms with Gasteiger partial charge in [-0.2, -0.15) is 13.2 Å². The molecule has 2 N–H and O–H groups in total. The molecule has 0 aliphatic rings. The molecule has 1 amide bonds. The van der Waals surface area contributed by atoms with Crippen molar-refractivity contribution in [3.8, 4) is 5.88 Å². The number of carbonyl (C=O) groups is 1. The standard InChI is InChI=1S/C11H14F3N3O2/c1-2-15-6-9(18)17-8-3-4-10(16-5-8)19-7-11(12,13)14/h3-5,15H,2,6-7H2,1H3,(H,17,18). The summed E-state index contributed by atoms with van der Waals surface area (Å²) in [5.41, 5.74) is 0.391. The first-order chi connectivity index (χ1) is 8.90. The lowest BCUT2D eigenvalue weighted by atomic mass is 10.4. The van der Waals surface area contributed by atoms with Crippen LogP contribution in [0.3, 0.4) is 0 Å². The van der Waals surface area contributed by atoms with E-state index >= 15 is 0 Å². The van der Waals surface area contributed by atoms with Crippen molar-refractivity contribution < 1.29 is 22.7 Å². The highest BCUT2D eigenvalue weighted by Crippen LogP contribution is 2.17. The molecule has 0 atom stereocenters. The molecular formula is C11H14F3N3O2. The third kappa shape index (κ3) is 6.61. The van der Waals surface area contributed by atoms with Gasteiger partial charge in [-0.15, -0.1) is 0 Å². The molecule has 0 aliphatic carbocycles. The first-order valence-corrected chi connectivity index (χ1v) is 5.57. The molecule has 0 radical (unpaired) electrons. The average Bonchev–Trinajstić information content (AvgIpc) is 2.34. The van der Waals surface area contributed by atoms with E-state index in [4.69, 9.17) is 0 Å². The van der Waals surface area contributed by atoms with Gasteiger partial charge in [0.05, 0.1) is 18.4 Å². The number of ether oxygens (including phenoxy) is 1. The Morgan fingerprint density at radius 2 is 2.16 bits per heavy atom. The second-order valence-corrected chi connectivity index (χ2v) is 3.62. The number of alkyl halides is 3. The van der Waals surface area contributed by atoms with E-state index in [1.54, 1.807) is 0 Å². The first-order valence-electron chi connectivity index (χ1n) is 5.57. The summed E-state index contributed by atoms with van der Waals surface area (Å²) in [6.45, 7) is 1.28. The van der Waals surface area contributed by atoms with Crippen LogP contribution in [0.15, 0.2) is 18.3 Å². The van der Waals surface area contributed by atoms with Crippen molar-refractivity contribution in [1.82, 2.24) is 10.3 Å². The zero-order valence-corrected chi connectivity index (χ0v) is 10.3. The van der Waals surface area contributed by atoms with Gasteiger partial charge in [0, 0.05) is 6.07 Å². The van der Waals surface area contributed by atoms with Crippen molar-refractivity contribution >= 4 is 11.6 Å². The summed E-state index contributed by atoms with van der Waals surface area (Å²) in [6.07, 6.45) is -3.17. The Morgan fingerprint density at radius 3 is 2.68 bits per heavy atom. The van der Waals surface area contributed by atoms with Gasteiger partial charge in [0.1, 0.15) is 0 Å². The van der Waals surface area contributed by atoms with E-state index < -0.39 is 12.8 Å². The van der Waals surface area contributed by atoms with Crippen molar-refractivity contribution in [2.75, 3.05) is 25.0 Å². The molecule has 8 heteroatoms. The topological polar surface area (TPSA) is 63.2 Å². The van der Waals surface area contributed by atoms with Crippen LogP contribution in [0.5, 0.6) is 5.88 Å². The van der Waals surface area contributed by atoms with Gasteiger partial charge in [0.2, 0.25) is 11.8 Å². The molecule has 0 fully saturated rings. The fourth-order valence-corrected chi connectivity index (χ4v) is 1.14. The Morgan fingerprint density at radius 1 is 1.42 bits per heavy atom. The van der Waals surface area contributed by atoms with E-state index in [1.807, 2.05) is 6.92 Å². The van der Waals surface area contributed by atoms with Crippen LogP contribution in [0.2, 0.25) is 0 Å². The Kier molecular flexibility index (Phi) is 5.56. The summed E-state index contributed by atoms with van der Waals surface area (Å²) in [5.74, 6) is -0.408. The molecule has 5 nitrogen and oxygen atoms in total. The van der Waals surface area contributed by atoms with Crippen LogP contribution in [-0.4, -0.2) is 36.8 Å². The van der Waals surface area contributed by atoms with E-state index in [0.29, 0.717) is 12.2 Å². The maximum Gasteiger partial charge on any atom is 0.422 e. The molecule has 1 heterocycles. The minimum atomic E-state index is -4.40. The zero-order chi connectivity index (χ0) is 14.3. The molecule has 106 valence electrons. The third-order valence-corrected chi connectivity index (χ3v) is 1.94. The van der Waals surface area contributed by atoms with Gasteiger partial charge in [-0.05, 0) is 12.6 Å². The van der Waals surface area contributed by atoms with Gasteiger partial charge in [0.25, 0.3) is 0 Å². The fourth-order valence-electron chi connectivity index (χ4n) is 1.14. The Balaban J connectivity index is 2.45. The molecule has 1 aromatic heterocycles. The number of amides is 1. The molecule has 0 saturated carbocycles. The van der Waals surface area contributed by atoms with E-state index in [9.17, 15) is 18.0 Å². The lowest BCUT2D eigenvalue weighted by Gasteiger charge is -2.09. The van der Waals surface area contributed by atoms with Crippen molar-refractivity contribution in [2.45, 2.75) is 13.1 Å². The summed E-state index contributed by atoms with van der Waals surface area (Å²) < 4.78 is 40.1. The number of anilines is 1. The van der Waals surface area contributed by atoms with Gasteiger partial charge >= 0.3 is 6.18 Å². The predicted octanol–water partition coefficient (Wildman–Crippen LogP) is 1.57. The smallest absolute Gasteiger partial charge is 0.422 e. The quantitative estimate of drug-likeness (QED) is 0.828. The van der Waals surface area contributed by atoms with Crippen LogP contribution in [0.4, 0.5) is 18.9 Å². The summed E-state index contributed by atoms with van der Waals surface area (Å²) in [4.78, 5) is 15.0. The SMILES string of the molecule is CCNCC(=O)Nc1ccc(OCC(F)(F)F)nc1.